The summed E-state index contributed by atoms with van der Waals surface area (Å²) >= 11 is 0. The quantitative estimate of drug-likeness (QED) is 0.779. The molecule has 1 aliphatic rings. The van der Waals surface area contributed by atoms with Crippen LogP contribution in [0.25, 0.3) is 0 Å². The molecular weight excluding hydrogens is 176 g/mol. The Morgan fingerprint density at radius 1 is 1.29 bits per heavy atom. The zero-order valence-electron chi connectivity index (χ0n) is 8.07. The van der Waals surface area contributed by atoms with Crippen molar-refractivity contribution in [2.45, 2.75) is 19.4 Å². The van der Waals surface area contributed by atoms with Gasteiger partial charge in [-0.25, -0.2) is 5.43 Å². The molecule has 1 aromatic rings. The first-order valence-electron chi connectivity index (χ1n) is 4.94. The van der Waals surface area contributed by atoms with Crippen LogP contribution in [-0.2, 0) is 11.3 Å². The third-order valence-electron chi connectivity index (χ3n) is 2.39. The van der Waals surface area contributed by atoms with Gasteiger partial charge in [0.1, 0.15) is 0 Å². The fraction of sp³-hybridized carbons (Fsp3) is 0.364. The molecule has 1 fully saturated rings. The van der Waals surface area contributed by atoms with Gasteiger partial charge in [-0.2, -0.15) is 0 Å². The minimum absolute atomic E-state index is 0.209. The lowest BCUT2D eigenvalue weighted by atomic mass is 10.2. The fourth-order valence-electron chi connectivity index (χ4n) is 1.60. The largest absolute Gasteiger partial charge is 0.278 e. The van der Waals surface area contributed by atoms with Crippen molar-refractivity contribution in [3.8, 4) is 0 Å². The number of rotatable bonds is 3. The molecule has 3 nitrogen and oxygen atoms in total. The zero-order valence-corrected chi connectivity index (χ0v) is 8.07. The normalized spacial score (nSPS) is 16.3. The van der Waals surface area contributed by atoms with Gasteiger partial charge >= 0.3 is 0 Å². The van der Waals surface area contributed by atoms with E-state index in [9.17, 15) is 4.79 Å². The van der Waals surface area contributed by atoms with Crippen molar-refractivity contribution in [2.24, 2.45) is 0 Å². The van der Waals surface area contributed by atoms with Gasteiger partial charge in [-0.3, -0.25) is 9.80 Å². The standard InChI is InChI=1S/C11H14N2O/c14-11-7-4-8-13(11)12-9-10-5-2-1-3-6-10/h1-3,5-6,12H,4,7-9H2. The molecular formula is C11H14N2O. The third kappa shape index (κ3) is 2.12. The van der Waals surface area contributed by atoms with Gasteiger partial charge in [-0.1, -0.05) is 30.3 Å². The number of nitrogens with one attached hydrogen (secondary N) is 1. The topological polar surface area (TPSA) is 32.3 Å². The zero-order chi connectivity index (χ0) is 9.80. The highest BCUT2D eigenvalue weighted by Gasteiger charge is 2.19. The summed E-state index contributed by atoms with van der Waals surface area (Å²) in [5.74, 6) is 0.209. The summed E-state index contributed by atoms with van der Waals surface area (Å²) in [5.41, 5.74) is 4.33. The van der Waals surface area contributed by atoms with Gasteiger partial charge in [0.25, 0.3) is 0 Å². The predicted octanol–water partition coefficient (Wildman–Crippen LogP) is 1.31. The van der Waals surface area contributed by atoms with Crippen LogP contribution in [0.2, 0.25) is 0 Å². The van der Waals surface area contributed by atoms with E-state index in [4.69, 9.17) is 0 Å². The van der Waals surface area contributed by atoms with Crippen LogP contribution in [-0.4, -0.2) is 17.5 Å². The van der Waals surface area contributed by atoms with Crippen LogP contribution in [0, 0.1) is 0 Å². The number of hydrogen-bond acceptors (Lipinski definition) is 2. The van der Waals surface area contributed by atoms with Crippen molar-refractivity contribution in [2.75, 3.05) is 6.54 Å². The molecule has 0 aromatic heterocycles. The Labute approximate surface area is 83.7 Å². The first kappa shape index (κ1) is 9.21. The molecule has 1 aliphatic heterocycles. The molecule has 1 N–H and O–H groups in total. The predicted molar refractivity (Wildman–Crippen MR) is 54.2 cm³/mol. The number of nitrogens with zero attached hydrogens (tertiary/aromatic N) is 1. The van der Waals surface area contributed by atoms with E-state index in [0.29, 0.717) is 6.42 Å². The third-order valence-corrected chi connectivity index (χ3v) is 2.39. The van der Waals surface area contributed by atoms with Crippen molar-refractivity contribution in [3.63, 3.8) is 0 Å². The van der Waals surface area contributed by atoms with E-state index in [1.807, 2.05) is 30.3 Å². The molecule has 0 atom stereocenters. The number of benzene rings is 1. The lowest BCUT2D eigenvalue weighted by Crippen LogP contribution is -2.38. The smallest absolute Gasteiger partial charge is 0.236 e. The van der Waals surface area contributed by atoms with Crippen LogP contribution in [0.15, 0.2) is 30.3 Å². The molecule has 0 spiro atoms. The van der Waals surface area contributed by atoms with Gasteiger partial charge < -0.3 is 0 Å². The average Bonchev–Trinajstić information content (AvgIpc) is 2.63. The van der Waals surface area contributed by atoms with E-state index in [0.717, 1.165) is 19.5 Å². The average molecular weight is 190 g/mol. The van der Waals surface area contributed by atoms with E-state index in [1.54, 1.807) is 5.01 Å². The Morgan fingerprint density at radius 2 is 2.07 bits per heavy atom. The number of amides is 1. The number of hydrazine groups is 1. The van der Waals surface area contributed by atoms with Crippen LogP contribution in [0.4, 0.5) is 0 Å². The second kappa shape index (κ2) is 4.24. The van der Waals surface area contributed by atoms with Gasteiger partial charge in [0.05, 0.1) is 0 Å². The van der Waals surface area contributed by atoms with Crippen molar-refractivity contribution in [1.29, 1.82) is 0 Å². The highest BCUT2D eigenvalue weighted by Crippen LogP contribution is 2.07. The molecule has 1 amide bonds. The van der Waals surface area contributed by atoms with Crippen molar-refractivity contribution in [3.05, 3.63) is 35.9 Å². The molecule has 0 aliphatic carbocycles. The highest BCUT2D eigenvalue weighted by atomic mass is 16.2. The van der Waals surface area contributed by atoms with Crippen LogP contribution >= 0.6 is 0 Å². The maximum Gasteiger partial charge on any atom is 0.236 e. The Kier molecular flexibility index (Phi) is 2.79. The molecule has 74 valence electrons. The first-order valence-corrected chi connectivity index (χ1v) is 4.94. The summed E-state index contributed by atoms with van der Waals surface area (Å²) in [5, 5.41) is 1.72. The molecule has 1 heterocycles. The molecule has 0 unspecified atom stereocenters. The second-order valence-electron chi connectivity index (χ2n) is 3.47. The number of hydrogen-bond donors (Lipinski definition) is 1. The summed E-state index contributed by atoms with van der Waals surface area (Å²) < 4.78 is 0. The Balaban J connectivity index is 1.85. The summed E-state index contributed by atoms with van der Waals surface area (Å²) in [6.45, 7) is 1.57. The Morgan fingerprint density at radius 3 is 2.71 bits per heavy atom. The van der Waals surface area contributed by atoms with Gasteiger partial charge in [-0.05, 0) is 12.0 Å². The van der Waals surface area contributed by atoms with Gasteiger partial charge in [0.2, 0.25) is 5.91 Å². The van der Waals surface area contributed by atoms with Crippen LogP contribution in [0.5, 0.6) is 0 Å². The summed E-state index contributed by atoms with van der Waals surface area (Å²) in [4.78, 5) is 11.3. The Bertz CT molecular complexity index is 310. The lowest BCUT2D eigenvalue weighted by Gasteiger charge is -2.16. The molecule has 1 saturated heterocycles. The van der Waals surface area contributed by atoms with E-state index in [-0.39, 0.29) is 5.91 Å². The summed E-state index contributed by atoms with van der Waals surface area (Å²) in [6, 6.07) is 10.1. The lowest BCUT2D eigenvalue weighted by molar-refractivity contribution is -0.130. The van der Waals surface area contributed by atoms with Gasteiger partial charge in [0.15, 0.2) is 0 Å². The maximum atomic E-state index is 11.3. The molecule has 0 radical (unpaired) electrons. The highest BCUT2D eigenvalue weighted by molar-refractivity contribution is 5.77. The molecule has 0 bridgehead atoms. The molecule has 2 rings (SSSR count). The fourth-order valence-corrected chi connectivity index (χ4v) is 1.60. The van der Waals surface area contributed by atoms with Crippen LogP contribution in [0.1, 0.15) is 18.4 Å². The van der Waals surface area contributed by atoms with E-state index in [1.165, 1.54) is 5.56 Å². The van der Waals surface area contributed by atoms with Gasteiger partial charge in [-0.15, -0.1) is 0 Å². The number of carbonyl (C=O) groups excluding carboxylic acids is 1. The van der Waals surface area contributed by atoms with E-state index < -0.39 is 0 Å². The van der Waals surface area contributed by atoms with Crippen molar-refractivity contribution in [1.82, 2.24) is 10.4 Å². The van der Waals surface area contributed by atoms with E-state index >= 15 is 0 Å². The summed E-state index contributed by atoms with van der Waals surface area (Å²) in [6.07, 6.45) is 1.66. The molecule has 14 heavy (non-hydrogen) atoms. The summed E-state index contributed by atoms with van der Waals surface area (Å²) in [7, 11) is 0. The first-order chi connectivity index (χ1) is 6.86. The minimum Gasteiger partial charge on any atom is -0.278 e. The van der Waals surface area contributed by atoms with Gasteiger partial charge in [0, 0.05) is 19.5 Å². The minimum atomic E-state index is 0.209. The molecule has 0 saturated carbocycles. The monoisotopic (exact) mass is 190 g/mol. The molecule has 3 heteroatoms. The molecule has 1 aromatic carbocycles. The number of carbonyl (C=O) groups is 1. The van der Waals surface area contributed by atoms with Crippen LogP contribution < -0.4 is 5.43 Å². The van der Waals surface area contributed by atoms with E-state index in [2.05, 4.69) is 5.43 Å². The van der Waals surface area contributed by atoms with Crippen molar-refractivity contribution >= 4 is 5.91 Å². The SMILES string of the molecule is O=C1CCCN1NCc1ccccc1. The van der Waals surface area contributed by atoms with Crippen molar-refractivity contribution < 1.29 is 4.79 Å². The maximum absolute atomic E-state index is 11.3. The van der Waals surface area contributed by atoms with Crippen LogP contribution in [0.3, 0.4) is 0 Å². The Hall–Kier alpha value is -1.35. The second-order valence-corrected chi connectivity index (χ2v) is 3.47.